The molecule has 1 N–H and O–H groups in total. The Labute approximate surface area is 64.2 Å². The highest BCUT2D eigenvalue weighted by atomic mass is 16.6. The zero-order valence-electron chi connectivity index (χ0n) is 5.02. The first-order valence-corrected chi connectivity index (χ1v) is 2.63. The normalized spacial score (nSPS) is 8.36. The second kappa shape index (κ2) is 3.55. The van der Waals surface area contributed by atoms with Gasteiger partial charge in [0.25, 0.3) is 5.69 Å². The summed E-state index contributed by atoms with van der Waals surface area (Å²) >= 11 is 0. The van der Waals surface area contributed by atoms with Gasteiger partial charge in [0.05, 0.1) is 11.0 Å². The summed E-state index contributed by atoms with van der Waals surface area (Å²) in [6.45, 7) is 0. The molecule has 0 heterocycles. The Morgan fingerprint density at radius 3 is 2.45 bits per heavy atom. The van der Waals surface area contributed by atoms with Gasteiger partial charge in [-0.3, -0.25) is 10.1 Å². The predicted octanol–water partition coefficient (Wildman–Crippen LogP) is 1.94. The Morgan fingerprint density at radius 2 is 2.09 bits per heavy atom. The van der Waals surface area contributed by atoms with Crippen LogP contribution in [0, 0.1) is 10.1 Å². The molecule has 1 aromatic rings. The van der Waals surface area contributed by atoms with E-state index in [0.717, 1.165) is 6.07 Å². The van der Waals surface area contributed by atoms with Gasteiger partial charge in [0.2, 0.25) is 0 Å². The molecule has 0 aromatic heterocycles. The molecular weight excluding hydrogens is 146 g/mol. The fraction of sp³-hybridized carbons (Fsp3) is 0.143. The molecule has 0 saturated heterocycles. The van der Waals surface area contributed by atoms with E-state index < -0.39 is 4.92 Å². The van der Waals surface area contributed by atoms with Crippen LogP contribution in [0.3, 0.4) is 0 Å². The second-order valence-electron chi connectivity index (χ2n) is 1.78. The molecule has 0 fully saturated rings. The van der Waals surface area contributed by atoms with Gasteiger partial charge in [-0.1, -0.05) is 13.5 Å². The van der Waals surface area contributed by atoms with Crippen LogP contribution in [-0.2, 0) is 0 Å². The van der Waals surface area contributed by atoms with Crippen molar-refractivity contribution in [3.05, 3.63) is 34.4 Å². The number of non-ortho nitro benzene ring substituents is 1. The Hall–Kier alpha value is -1.58. The van der Waals surface area contributed by atoms with Gasteiger partial charge in [-0.05, 0) is 6.07 Å². The minimum Gasteiger partial charge on any atom is -0.508 e. The van der Waals surface area contributed by atoms with Crippen LogP contribution in [0.25, 0.3) is 0 Å². The highest BCUT2D eigenvalue weighted by Crippen LogP contribution is 2.16. The number of nitro benzene ring substituents is 1. The molecule has 0 aliphatic rings. The average Bonchev–Trinajstić information content (AvgIpc) is 1.88. The van der Waals surface area contributed by atoms with Crippen molar-refractivity contribution in [1.82, 2.24) is 0 Å². The molecule has 1 aromatic carbocycles. The molecule has 0 saturated carbocycles. The van der Waals surface area contributed by atoms with E-state index in [1.165, 1.54) is 18.2 Å². The largest absolute Gasteiger partial charge is 0.508 e. The molecule has 0 aliphatic carbocycles. The van der Waals surface area contributed by atoms with Crippen molar-refractivity contribution in [1.29, 1.82) is 0 Å². The topological polar surface area (TPSA) is 63.4 Å². The minimum absolute atomic E-state index is 0. The standard InChI is InChI=1S/C6H5NO3.CH4/c8-6-3-1-2-5(4-6)7(9)10;/h1-4,8H;1H4. The molecule has 60 valence electrons. The molecule has 0 aliphatic heterocycles. The first-order valence-electron chi connectivity index (χ1n) is 2.63. The van der Waals surface area contributed by atoms with E-state index in [-0.39, 0.29) is 18.9 Å². The molecule has 0 unspecified atom stereocenters. The van der Waals surface area contributed by atoms with Crippen molar-refractivity contribution in [2.45, 2.75) is 7.43 Å². The van der Waals surface area contributed by atoms with E-state index in [9.17, 15) is 10.1 Å². The molecule has 4 heteroatoms. The van der Waals surface area contributed by atoms with E-state index in [4.69, 9.17) is 5.11 Å². The summed E-state index contributed by atoms with van der Waals surface area (Å²) in [6.07, 6.45) is 0. The number of aromatic hydroxyl groups is 1. The summed E-state index contributed by atoms with van der Waals surface area (Å²) in [5.74, 6) is -0.0887. The Bertz CT molecular complexity index is 260. The Kier molecular flexibility index (Phi) is 3.04. The van der Waals surface area contributed by atoms with Gasteiger partial charge in [0.15, 0.2) is 0 Å². The van der Waals surface area contributed by atoms with E-state index in [2.05, 4.69) is 0 Å². The molecule has 0 atom stereocenters. The van der Waals surface area contributed by atoms with Crippen molar-refractivity contribution in [2.24, 2.45) is 0 Å². The van der Waals surface area contributed by atoms with Crippen LogP contribution in [0.5, 0.6) is 5.75 Å². The second-order valence-corrected chi connectivity index (χ2v) is 1.78. The van der Waals surface area contributed by atoms with Crippen LogP contribution < -0.4 is 0 Å². The van der Waals surface area contributed by atoms with Gasteiger partial charge in [-0.25, -0.2) is 0 Å². The summed E-state index contributed by atoms with van der Waals surface area (Å²) in [4.78, 5) is 9.49. The van der Waals surface area contributed by atoms with E-state index >= 15 is 0 Å². The monoisotopic (exact) mass is 155 g/mol. The van der Waals surface area contributed by atoms with Crippen molar-refractivity contribution in [3.8, 4) is 5.75 Å². The van der Waals surface area contributed by atoms with Gasteiger partial charge in [-0.2, -0.15) is 0 Å². The van der Waals surface area contributed by atoms with E-state index in [0.29, 0.717) is 0 Å². The number of nitro groups is 1. The Morgan fingerprint density at radius 1 is 1.45 bits per heavy atom. The molecule has 11 heavy (non-hydrogen) atoms. The van der Waals surface area contributed by atoms with Crippen molar-refractivity contribution >= 4 is 5.69 Å². The highest BCUT2D eigenvalue weighted by Gasteiger charge is 2.03. The SMILES string of the molecule is C.O=[N+]([O-])c1cccc(O)c1. The summed E-state index contributed by atoms with van der Waals surface area (Å²) in [6, 6.07) is 5.22. The number of hydrogen-bond donors (Lipinski definition) is 1. The van der Waals surface area contributed by atoms with Crippen molar-refractivity contribution < 1.29 is 10.0 Å². The third-order valence-electron chi connectivity index (χ3n) is 1.04. The first kappa shape index (κ1) is 9.42. The third-order valence-corrected chi connectivity index (χ3v) is 1.04. The fourth-order valence-corrected chi connectivity index (χ4v) is 0.607. The lowest BCUT2D eigenvalue weighted by Crippen LogP contribution is -1.85. The molecule has 0 bridgehead atoms. The summed E-state index contributed by atoms with van der Waals surface area (Å²) in [7, 11) is 0. The van der Waals surface area contributed by atoms with Crippen LogP contribution >= 0.6 is 0 Å². The molecule has 1 rings (SSSR count). The van der Waals surface area contributed by atoms with Gasteiger partial charge in [-0.15, -0.1) is 0 Å². The van der Waals surface area contributed by atoms with Crippen LogP contribution in [0.2, 0.25) is 0 Å². The van der Waals surface area contributed by atoms with E-state index in [1.807, 2.05) is 0 Å². The Balaban J connectivity index is 0.000001000. The van der Waals surface area contributed by atoms with Crippen molar-refractivity contribution in [2.75, 3.05) is 0 Å². The summed E-state index contributed by atoms with van der Waals surface area (Å²) in [5, 5.41) is 18.8. The summed E-state index contributed by atoms with van der Waals surface area (Å²) in [5.41, 5.74) is -0.0972. The van der Waals surface area contributed by atoms with E-state index in [1.54, 1.807) is 0 Å². The molecule has 0 radical (unpaired) electrons. The highest BCUT2D eigenvalue weighted by molar-refractivity contribution is 5.36. The maximum atomic E-state index is 10.0. The van der Waals surface area contributed by atoms with Crippen LogP contribution in [0.4, 0.5) is 5.69 Å². The quantitative estimate of drug-likeness (QED) is 0.497. The number of hydrogen-bond acceptors (Lipinski definition) is 3. The summed E-state index contributed by atoms with van der Waals surface area (Å²) < 4.78 is 0. The first-order chi connectivity index (χ1) is 4.70. The van der Waals surface area contributed by atoms with Crippen LogP contribution in [0.1, 0.15) is 7.43 Å². The fourth-order valence-electron chi connectivity index (χ4n) is 0.607. The number of phenols is 1. The van der Waals surface area contributed by atoms with Gasteiger partial charge < -0.3 is 5.11 Å². The number of rotatable bonds is 1. The van der Waals surface area contributed by atoms with Crippen LogP contribution in [0.15, 0.2) is 24.3 Å². The van der Waals surface area contributed by atoms with Gasteiger partial charge in [0, 0.05) is 6.07 Å². The molecular formula is C7H9NO3. The lowest BCUT2D eigenvalue weighted by Gasteiger charge is -1.89. The smallest absolute Gasteiger partial charge is 0.273 e. The minimum atomic E-state index is -0.556. The maximum Gasteiger partial charge on any atom is 0.273 e. The molecule has 0 spiro atoms. The third kappa shape index (κ3) is 2.25. The van der Waals surface area contributed by atoms with Gasteiger partial charge >= 0.3 is 0 Å². The number of benzene rings is 1. The number of phenolic OH excluding ortho intramolecular Hbond substituents is 1. The van der Waals surface area contributed by atoms with Crippen LogP contribution in [-0.4, -0.2) is 10.0 Å². The lowest BCUT2D eigenvalue weighted by molar-refractivity contribution is -0.384. The lowest BCUT2D eigenvalue weighted by atomic mass is 10.3. The van der Waals surface area contributed by atoms with Gasteiger partial charge in [0.1, 0.15) is 5.75 Å². The number of nitrogens with zero attached hydrogens (tertiary/aromatic N) is 1. The zero-order chi connectivity index (χ0) is 7.56. The zero-order valence-corrected chi connectivity index (χ0v) is 5.02. The molecule has 0 amide bonds. The maximum absolute atomic E-state index is 10.0. The molecule has 4 nitrogen and oxygen atoms in total. The van der Waals surface area contributed by atoms with Crippen molar-refractivity contribution in [3.63, 3.8) is 0 Å². The average molecular weight is 155 g/mol. The predicted molar refractivity (Wildman–Crippen MR) is 41.5 cm³/mol.